The van der Waals surface area contributed by atoms with Crippen molar-refractivity contribution in [3.8, 4) is 17.1 Å². The van der Waals surface area contributed by atoms with Gasteiger partial charge in [0.15, 0.2) is 0 Å². The van der Waals surface area contributed by atoms with Gasteiger partial charge in [0.25, 0.3) is 0 Å². The zero-order valence-corrected chi connectivity index (χ0v) is 14.1. The molecule has 3 aromatic rings. The first-order valence-electron chi connectivity index (χ1n) is 8.56. The van der Waals surface area contributed by atoms with E-state index in [1.807, 2.05) is 24.3 Å². The second-order valence-corrected chi connectivity index (χ2v) is 6.51. The molecule has 2 atom stereocenters. The van der Waals surface area contributed by atoms with Crippen molar-refractivity contribution in [3.05, 3.63) is 36.5 Å². The SMILES string of the molecule is CC1CCCC(OCc2nnc(-c3ccc(-n4cnnn4)cc3)o2)C1. The summed E-state index contributed by atoms with van der Waals surface area (Å²) in [6.07, 6.45) is 6.60. The molecule has 1 aliphatic rings. The van der Waals surface area contributed by atoms with Gasteiger partial charge in [-0.3, -0.25) is 0 Å². The number of rotatable bonds is 5. The Bertz CT molecular complexity index is 799. The minimum Gasteiger partial charge on any atom is -0.418 e. The number of hydrogen-bond donors (Lipinski definition) is 0. The molecule has 2 unspecified atom stereocenters. The highest BCUT2D eigenvalue weighted by Gasteiger charge is 2.20. The predicted molar refractivity (Wildman–Crippen MR) is 88.7 cm³/mol. The van der Waals surface area contributed by atoms with Gasteiger partial charge in [-0.25, -0.2) is 4.68 Å². The molecule has 0 spiro atoms. The third-order valence-electron chi connectivity index (χ3n) is 4.53. The van der Waals surface area contributed by atoms with Crippen LogP contribution in [-0.2, 0) is 11.3 Å². The summed E-state index contributed by atoms with van der Waals surface area (Å²) < 4.78 is 13.2. The molecular formula is C17H20N6O2. The average Bonchev–Trinajstić information content (AvgIpc) is 3.32. The largest absolute Gasteiger partial charge is 0.418 e. The molecule has 1 aliphatic carbocycles. The summed E-state index contributed by atoms with van der Waals surface area (Å²) in [6.45, 7) is 2.65. The number of aromatic nitrogens is 6. The van der Waals surface area contributed by atoms with Crippen molar-refractivity contribution in [1.29, 1.82) is 0 Å². The second-order valence-electron chi connectivity index (χ2n) is 6.51. The van der Waals surface area contributed by atoms with Crippen molar-refractivity contribution in [2.75, 3.05) is 0 Å². The van der Waals surface area contributed by atoms with Gasteiger partial charge >= 0.3 is 0 Å². The van der Waals surface area contributed by atoms with E-state index in [2.05, 4.69) is 32.6 Å². The highest BCUT2D eigenvalue weighted by atomic mass is 16.5. The molecule has 1 fully saturated rings. The maximum Gasteiger partial charge on any atom is 0.247 e. The van der Waals surface area contributed by atoms with Crippen molar-refractivity contribution in [2.45, 2.75) is 45.3 Å². The molecule has 2 aromatic heterocycles. The average molecular weight is 340 g/mol. The van der Waals surface area contributed by atoms with Gasteiger partial charge in [-0.05, 0) is 53.5 Å². The second kappa shape index (κ2) is 7.10. The molecule has 8 nitrogen and oxygen atoms in total. The summed E-state index contributed by atoms with van der Waals surface area (Å²) in [4.78, 5) is 0. The van der Waals surface area contributed by atoms with Crippen LogP contribution in [0.4, 0.5) is 0 Å². The monoisotopic (exact) mass is 340 g/mol. The minimum absolute atomic E-state index is 0.301. The number of tetrazole rings is 1. The van der Waals surface area contributed by atoms with Gasteiger partial charge in [0, 0.05) is 5.56 Å². The summed E-state index contributed by atoms with van der Waals surface area (Å²) in [5.74, 6) is 1.73. The fourth-order valence-electron chi connectivity index (χ4n) is 3.18. The molecular weight excluding hydrogens is 320 g/mol. The lowest BCUT2D eigenvalue weighted by atomic mass is 9.89. The molecule has 0 saturated heterocycles. The van der Waals surface area contributed by atoms with E-state index in [1.165, 1.54) is 12.8 Å². The van der Waals surface area contributed by atoms with Gasteiger partial charge in [0.1, 0.15) is 12.9 Å². The molecule has 4 rings (SSSR count). The Hall–Kier alpha value is -2.61. The van der Waals surface area contributed by atoms with Crippen LogP contribution in [0.25, 0.3) is 17.1 Å². The standard InChI is InChI=1S/C17H20N6O2/c1-12-3-2-4-15(9-12)24-10-16-19-20-17(25-16)13-5-7-14(8-6-13)23-11-18-21-22-23/h5-8,11-12,15H,2-4,9-10H2,1H3. The summed E-state index contributed by atoms with van der Waals surface area (Å²) >= 11 is 0. The molecule has 130 valence electrons. The molecule has 0 amide bonds. The van der Waals surface area contributed by atoms with Crippen LogP contribution < -0.4 is 0 Å². The van der Waals surface area contributed by atoms with Gasteiger partial charge in [-0.2, -0.15) is 0 Å². The van der Waals surface area contributed by atoms with E-state index < -0.39 is 0 Å². The summed E-state index contributed by atoms with van der Waals surface area (Å²) in [5, 5.41) is 19.3. The Labute approximate surface area is 145 Å². The Morgan fingerprint density at radius 3 is 2.84 bits per heavy atom. The first-order valence-corrected chi connectivity index (χ1v) is 8.56. The van der Waals surface area contributed by atoms with Crippen LogP contribution in [-0.4, -0.2) is 36.5 Å². The maximum atomic E-state index is 5.93. The predicted octanol–water partition coefficient (Wildman–Crippen LogP) is 2.81. The molecule has 2 heterocycles. The van der Waals surface area contributed by atoms with E-state index in [-0.39, 0.29) is 0 Å². The quantitative estimate of drug-likeness (QED) is 0.705. The summed E-state index contributed by atoms with van der Waals surface area (Å²) in [7, 11) is 0. The number of nitrogens with zero attached hydrogens (tertiary/aromatic N) is 6. The van der Waals surface area contributed by atoms with Gasteiger partial charge in [0.2, 0.25) is 11.8 Å². The zero-order valence-electron chi connectivity index (χ0n) is 14.1. The number of benzene rings is 1. The highest BCUT2D eigenvalue weighted by Crippen LogP contribution is 2.26. The van der Waals surface area contributed by atoms with Crippen LogP contribution in [0.15, 0.2) is 35.0 Å². The van der Waals surface area contributed by atoms with Crippen molar-refractivity contribution >= 4 is 0 Å². The minimum atomic E-state index is 0.301. The van der Waals surface area contributed by atoms with E-state index in [1.54, 1.807) is 11.0 Å². The first kappa shape index (κ1) is 15.9. The Balaban J connectivity index is 1.39. The lowest BCUT2D eigenvalue weighted by Gasteiger charge is -2.26. The van der Waals surface area contributed by atoms with Crippen LogP contribution in [0.3, 0.4) is 0 Å². The molecule has 1 saturated carbocycles. The topological polar surface area (TPSA) is 91.8 Å². The van der Waals surface area contributed by atoms with Gasteiger partial charge in [0.05, 0.1) is 11.8 Å². The molecule has 1 aromatic carbocycles. The highest BCUT2D eigenvalue weighted by molar-refractivity contribution is 5.55. The van der Waals surface area contributed by atoms with Gasteiger partial charge in [-0.15, -0.1) is 15.3 Å². The smallest absolute Gasteiger partial charge is 0.247 e. The third-order valence-corrected chi connectivity index (χ3v) is 4.53. The molecule has 0 radical (unpaired) electrons. The van der Waals surface area contributed by atoms with Crippen molar-refractivity contribution in [3.63, 3.8) is 0 Å². The fraction of sp³-hybridized carbons (Fsp3) is 0.471. The van der Waals surface area contributed by atoms with Crippen LogP contribution >= 0.6 is 0 Å². The van der Waals surface area contributed by atoms with E-state index in [0.29, 0.717) is 24.5 Å². The van der Waals surface area contributed by atoms with Crippen molar-refractivity contribution in [1.82, 2.24) is 30.4 Å². The van der Waals surface area contributed by atoms with Crippen LogP contribution in [0, 0.1) is 5.92 Å². The van der Waals surface area contributed by atoms with E-state index in [4.69, 9.17) is 9.15 Å². The van der Waals surface area contributed by atoms with Crippen molar-refractivity contribution in [2.24, 2.45) is 5.92 Å². The fourth-order valence-corrected chi connectivity index (χ4v) is 3.18. The third kappa shape index (κ3) is 3.74. The van der Waals surface area contributed by atoms with Crippen LogP contribution in [0.1, 0.15) is 38.5 Å². The Morgan fingerprint density at radius 1 is 1.20 bits per heavy atom. The van der Waals surface area contributed by atoms with Crippen LogP contribution in [0.2, 0.25) is 0 Å². The van der Waals surface area contributed by atoms with Gasteiger partial charge in [-0.1, -0.05) is 19.8 Å². The van der Waals surface area contributed by atoms with Gasteiger partial charge < -0.3 is 9.15 Å². The molecule has 0 N–H and O–H groups in total. The van der Waals surface area contributed by atoms with E-state index in [9.17, 15) is 0 Å². The van der Waals surface area contributed by atoms with E-state index >= 15 is 0 Å². The molecule has 0 aliphatic heterocycles. The normalized spacial score (nSPS) is 20.7. The lowest BCUT2D eigenvalue weighted by molar-refractivity contribution is -0.00444. The van der Waals surface area contributed by atoms with Crippen LogP contribution in [0.5, 0.6) is 0 Å². The summed E-state index contributed by atoms with van der Waals surface area (Å²) in [5.41, 5.74) is 1.71. The maximum absolute atomic E-state index is 5.93. The molecule has 0 bridgehead atoms. The first-order chi connectivity index (χ1) is 12.3. The van der Waals surface area contributed by atoms with E-state index in [0.717, 1.165) is 30.0 Å². The Morgan fingerprint density at radius 2 is 2.08 bits per heavy atom. The number of hydrogen-bond acceptors (Lipinski definition) is 7. The summed E-state index contributed by atoms with van der Waals surface area (Å²) in [6, 6.07) is 7.60. The Kier molecular flexibility index (Phi) is 4.51. The van der Waals surface area contributed by atoms with Crippen molar-refractivity contribution < 1.29 is 9.15 Å². The number of ether oxygens (including phenoxy) is 1. The zero-order chi connectivity index (χ0) is 17.1. The molecule has 8 heteroatoms. The molecule has 25 heavy (non-hydrogen) atoms. The lowest BCUT2D eigenvalue weighted by Crippen LogP contribution is -2.21.